The van der Waals surface area contributed by atoms with E-state index in [2.05, 4.69) is 25.4 Å². The minimum absolute atomic E-state index is 0.398. The van der Waals surface area contributed by atoms with Crippen molar-refractivity contribution < 1.29 is 4.52 Å². The summed E-state index contributed by atoms with van der Waals surface area (Å²) in [5, 5.41) is 7.08. The van der Waals surface area contributed by atoms with E-state index >= 15 is 0 Å². The van der Waals surface area contributed by atoms with Crippen LogP contribution in [-0.2, 0) is 6.54 Å². The smallest absolute Gasteiger partial charge is 0.246 e. The summed E-state index contributed by atoms with van der Waals surface area (Å²) in [6.07, 6.45) is 3.45. The van der Waals surface area contributed by atoms with Gasteiger partial charge in [-0.3, -0.25) is 0 Å². The summed E-state index contributed by atoms with van der Waals surface area (Å²) in [4.78, 5) is 12.6. The Balaban J connectivity index is 1.69. The second-order valence-corrected chi connectivity index (χ2v) is 4.32. The number of hydrogen-bond acceptors (Lipinski definition) is 6. The van der Waals surface area contributed by atoms with E-state index in [1.54, 1.807) is 12.4 Å². The molecule has 0 saturated carbocycles. The maximum absolute atomic E-state index is 5.17. The van der Waals surface area contributed by atoms with E-state index in [4.69, 9.17) is 4.52 Å². The van der Waals surface area contributed by atoms with Crippen LogP contribution in [0.1, 0.15) is 11.5 Å². The molecule has 0 spiro atoms. The van der Waals surface area contributed by atoms with Gasteiger partial charge in [0.1, 0.15) is 0 Å². The van der Waals surface area contributed by atoms with Gasteiger partial charge in [-0.05, 0) is 24.6 Å². The van der Waals surface area contributed by atoms with Crippen LogP contribution in [0.4, 0.5) is 5.69 Å². The second kappa shape index (κ2) is 5.48. The van der Waals surface area contributed by atoms with Gasteiger partial charge in [-0.2, -0.15) is 4.98 Å². The molecule has 20 heavy (non-hydrogen) atoms. The van der Waals surface area contributed by atoms with Crippen LogP contribution >= 0.6 is 0 Å². The molecule has 2 heterocycles. The Bertz CT molecular complexity index is 678. The number of benzene rings is 1. The molecule has 3 rings (SSSR count). The molecule has 0 saturated heterocycles. The van der Waals surface area contributed by atoms with Gasteiger partial charge in [-0.15, -0.1) is 0 Å². The third kappa shape index (κ3) is 2.80. The molecule has 0 unspecified atom stereocenters. The van der Waals surface area contributed by atoms with Crippen LogP contribution in [0.15, 0.2) is 47.2 Å². The van der Waals surface area contributed by atoms with E-state index in [1.807, 2.05) is 37.3 Å². The van der Waals surface area contributed by atoms with E-state index in [1.165, 1.54) is 0 Å². The monoisotopic (exact) mass is 267 g/mol. The predicted molar refractivity (Wildman–Crippen MR) is 73.8 cm³/mol. The Labute approximate surface area is 115 Å². The molecule has 0 amide bonds. The Morgan fingerprint density at radius 3 is 2.55 bits per heavy atom. The number of para-hydroxylation sites is 1. The molecule has 0 aliphatic heterocycles. The van der Waals surface area contributed by atoms with Crippen LogP contribution in [-0.4, -0.2) is 20.1 Å². The lowest BCUT2D eigenvalue weighted by Gasteiger charge is -2.01. The molecular formula is C14H13N5O. The number of aromatic nitrogens is 4. The third-order valence-electron chi connectivity index (χ3n) is 2.67. The van der Waals surface area contributed by atoms with E-state index in [-0.39, 0.29) is 0 Å². The van der Waals surface area contributed by atoms with Gasteiger partial charge in [0.25, 0.3) is 0 Å². The fraction of sp³-hybridized carbons (Fsp3) is 0.143. The summed E-state index contributed by atoms with van der Waals surface area (Å²) in [7, 11) is 0. The molecule has 6 heteroatoms. The average Bonchev–Trinajstić information content (AvgIpc) is 2.96. The fourth-order valence-corrected chi connectivity index (χ4v) is 1.66. The summed E-state index contributed by atoms with van der Waals surface area (Å²) >= 11 is 0. The van der Waals surface area contributed by atoms with E-state index in [9.17, 15) is 0 Å². The van der Waals surface area contributed by atoms with Crippen molar-refractivity contribution in [3.05, 3.63) is 54.2 Å². The van der Waals surface area contributed by atoms with Crippen molar-refractivity contribution in [2.75, 3.05) is 5.32 Å². The number of nitrogens with zero attached hydrogens (tertiary/aromatic N) is 4. The topological polar surface area (TPSA) is 76.7 Å². The van der Waals surface area contributed by atoms with Crippen LogP contribution in [0, 0.1) is 6.92 Å². The molecule has 0 bridgehead atoms. The number of anilines is 1. The molecule has 3 aromatic rings. The number of hydrogen-bond donors (Lipinski definition) is 1. The highest BCUT2D eigenvalue weighted by atomic mass is 16.5. The number of aryl methyl sites for hydroxylation is 1. The average molecular weight is 267 g/mol. The molecule has 100 valence electrons. The molecule has 0 atom stereocenters. The second-order valence-electron chi connectivity index (χ2n) is 4.32. The third-order valence-corrected chi connectivity index (χ3v) is 2.67. The van der Waals surface area contributed by atoms with Crippen molar-refractivity contribution >= 4 is 5.69 Å². The fourth-order valence-electron chi connectivity index (χ4n) is 1.66. The maximum Gasteiger partial charge on any atom is 0.246 e. The van der Waals surface area contributed by atoms with Gasteiger partial charge < -0.3 is 9.84 Å². The molecule has 2 aromatic heterocycles. The summed E-state index contributed by atoms with van der Waals surface area (Å²) in [6.45, 7) is 2.39. The minimum Gasteiger partial charge on any atom is -0.376 e. The molecule has 0 aliphatic carbocycles. The Hall–Kier alpha value is -2.76. The van der Waals surface area contributed by atoms with Crippen molar-refractivity contribution in [2.45, 2.75) is 13.5 Å². The van der Waals surface area contributed by atoms with Gasteiger partial charge in [0.15, 0.2) is 0 Å². The van der Waals surface area contributed by atoms with Gasteiger partial charge in [0, 0.05) is 18.1 Å². The zero-order valence-corrected chi connectivity index (χ0v) is 10.9. The molecule has 1 N–H and O–H groups in total. The normalized spacial score (nSPS) is 10.4. The summed E-state index contributed by atoms with van der Waals surface area (Å²) in [6, 6.07) is 9.83. The predicted octanol–water partition coefficient (Wildman–Crippen LogP) is 2.45. The van der Waals surface area contributed by atoms with E-state index in [0.29, 0.717) is 24.1 Å². The first-order valence-electron chi connectivity index (χ1n) is 6.22. The largest absolute Gasteiger partial charge is 0.376 e. The lowest BCUT2D eigenvalue weighted by Crippen LogP contribution is -1.99. The van der Waals surface area contributed by atoms with Crippen molar-refractivity contribution in [3.8, 4) is 11.6 Å². The molecule has 0 fully saturated rings. The summed E-state index contributed by atoms with van der Waals surface area (Å²) < 4.78 is 5.17. The lowest BCUT2D eigenvalue weighted by molar-refractivity contribution is 0.384. The first-order valence-corrected chi connectivity index (χ1v) is 6.22. The minimum atomic E-state index is 0.398. The van der Waals surface area contributed by atoms with Crippen LogP contribution in [0.3, 0.4) is 0 Å². The SMILES string of the molecule is Cc1cnc(-c2noc(CNc3ccccc3)n2)nc1. The first kappa shape index (κ1) is 12.3. The van der Waals surface area contributed by atoms with Crippen molar-refractivity contribution in [2.24, 2.45) is 0 Å². The van der Waals surface area contributed by atoms with E-state index < -0.39 is 0 Å². The molecule has 0 aliphatic rings. The van der Waals surface area contributed by atoms with Gasteiger partial charge in [-0.25, -0.2) is 9.97 Å². The first-order chi connectivity index (χ1) is 9.81. The van der Waals surface area contributed by atoms with Gasteiger partial charge >= 0.3 is 0 Å². The van der Waals surface area contributed by atoms with Crippen LogP contribution in [0.25, 0.3) is 11.6 Å². The van der Waals surface area contributed by atoms with Gasteiger partial charge in [0.05, 0.1) is 6.54 Å². The Kier molecular flexibility index (Phi) is 3.36. The highest BCUT2D eigenvalue weighted by Crippen LogP contribution is 2.12. The van der Waals surface area contributed by atoms with Crippen molar-refractivity contribution in [1.29, 1.82) is 0 Å². The standard InChI is InChI=1S/C14H13N5O/c1-10-7-16-13(17-8-10)14-18-12(20-19-14)9-15-11-5-3-2-4-6-11/h2-8,15H,9H2,1H3. The Morgan fingerprint density at radius 2 is 1.80 bits per heavy atom. The van der Waals surface area contributed by atoms with Crippen LogP contribution in [0.2, 0.25) is 0 Å². The molecule has 6 nitrogen and oxygen atoms in total. The lowest BCUT2D eigenvalue weighted by atomic mass is 10.3. The number of rotatable bonds is 4. The van der Waals surface area contributed by atoms with Crippen molar-refractivity contribution in [1.82, 2.24) is 20.1 Å². The molecular weight excluding hydrogens is 254 g/mol. The van der Waals surface area contributed by atoms with Crippen LogP contribution in [0.5, 0.6) is 0 Å². The van der Waals surface area contributed by atoms with E-state index in [0.717, 1.165) is 11.3 Å². The van der Waals surface area contributed by atoms with Crippen molar-refractivity contribution in [3.63, 3.8) is 0 Å². The zero-order valence-electron chi connectivity index (χ0n) is 10.9. The molecule has 1 aromatic carbocycles. The molecule has 0 radical (unpaired) electrons. The Morgan fingerprint density at radius 1 is 1.05 bits per heavy atom. The van der Waals surface area contributed by atoms with Gasteiger partial charge in [-0.1, -0.05) is 23.4 Å². The number of nitrogens with one attached hydrogen (secondary N) is 1. The summed E-state index contributed by atoms with van der Waals surface area (Å²) in [5.74, 6) is 1.35. The zero-order chi connectivity index (χ0) is 13.8. The van der Waals surface area contributed by atoms with Crippen LogP contribution < -0.4 is 5.32 Å². The maximum atomic E-state index is 5.17. The highest BCUT2D eigenvalue weighted by Gasteiger charge is 2.10. The van der Waals surface area contributed by atoms with Gasteiger partial charge in [0.2, 0.25) is 17.5 Å². The summed E-state index contributed by atoms with van der Waals surface area (Å²) in [5.41, 5.74) is 1.99. The quantitative estimate of drug-likeness (QED) is 0.782. The highest BCUT2D eigenvalue weighted by molar-refractivity contribution is 5.43.